The standard InChI is InChI=1S/C20H32O/c1-14-11-16-5-6-17-18(2,13-21)8-4-9-19(17,3)20(16)10-7-15(14)12-20/h11,15-17,21H,4-10,12-13H2,1-3H3. The zero-order valence-corrected chi connectivity index (χ0v) is 14.1. The summed E-state index contributed by atoms with van der Waals surface area (Å²) in [5, 5.41) is 10.1. The van der Waals surface area contributed by atoms with Gasteiger partial charge >= 0.3 is 0 Å². The van der Waals surface area contributed by atoms with E-state index >= 15 is 0 Å². The first-order valence-electron chi connectivity index (χ1n) is 9.24. The van der Waals surface area contributed by atoms with Gasteiger partial charge in [-0.15, -0.1) is 0 Å². The van der Waals surface area contributed by atoms with Gasteiger partial charge in [0.1, 0.15) is 0 Å². The van der Waals surface area contributed by atoms with Crippen molar-refractivity contribution in [1.29, 1.82) is 0 Å². The van der Waals surface area contributed by atoms with Crippen LogP contribution in [0.3, 0.4) is 0 Å². The number of fused-ring (bicyclic) bond motifs is 2. The minimum Gasteiger partial charge on any atom is -0.396 e. The lowest BCUT2D eigenvalue weighted by Gasteiger charge is -2.65. The van der Waals surface area contributed by atoms with Crippen molar-refractivity contribution in [1.82, 2.24) is 0 Å². The normalized spacial score (nSPS) is 55.6. The molecule has 1 nitrogen and oxygen atoms in total. The van der Waals surface area contributed by atoms with Gasteiger partial charge in [0.15, 0.2) is 0 Å². The molecule has 6 unspecified atom stereocenters. The lowest BCUT2D eigenvalue weighted by Crippen LogP contribution is -2.59. The summed E-state index contributed by atoms with van der Waals surface area (Å²) < 4.78 is 0. The van der Waals surface area contributed by atoms with Gasteiger partial charge < -0.3 is 5.11 Å². The van der Waals surface area contributed by atoms with Crippen LogP contribution in [0.25, 0.3) is 0 Å². The maximum absolute atomic E-state index is 10.1. The van der Waals surface area contributed by atoms with E-state index in [1.54, 1.807) is 5.57 Å². The fraction of sp³-hybridized carbons (Fsp3) is 0.900. The van der Waals surface area contributed by atoms with Gasteiger partial charge in [-0.3, -0.25) is 0 Å². The van der Waals surface area contributed by atoms with Gasteiger partial charge in [0, 0.05) is 6.61 Å². The Morgan fingerprint density at radius 3 is 2.71 bits per heavy atom. The van der Waals surface area contributed by atoms with E-state index in [-0.39, 0.29) is 5.41 Å². The van der Waals surface area contributed by atoms with Gasteiger partial charge in [0.2, 0.25) is 0 Å². The van der Waals surface area contributed by atoms with Crippen molar-refractivity contribution in [2.24, 2.45) is 34.0 Å². The molecular weight excluding hydrogens is 256 g/mol. The van der Waals surface area contributed by atoms with Gasteiger partial charge in [0.25, 0.3) is 0 Å². The molecule has 4 aliphatic rings. The molecule has 1 spiro atoms. The van der Waals surface area contributed by atoms with Gasteiger partial charge in [0.05, 0.1) is 0 Å². The lowest BCUT2D eigenvalue weighted by atomic mass is 9.39. The molecule has 0 aromatic heterocycles. The Balaban J connectivity index is 1.80. The minimum atomic E-state index is 0.182. The molecule has 3 fully saturated rings. The van der Waals surface area contributed by atoms with E-state index < -0.39 is 0 Å². The van der Waals surface area contributed by atoms with Crippen LogP contribution >= 0.6 is 0 Å². The topological polar surface area (TPSA) is 20.2 Å². The van der Waals surface area contributed by atoms with E-state index in [9.17, 15) is 5.11 Å². The van der Waals surface area contributed by atoms with Crippen molar-refractivity contribution < 1.29 is 5.11 Å². The Morgan fingerprint density at radius 2 is 1.95 bits per heavy atom. The van der Waals surface area contributed by atoms with E-state index in [1.807, 2.05) is 0 Å². The Hall–Kier alpha value is -0.300. The fourth-order valence-corrected chi connectivity index (χ4v) is 7.49. The average molecular weight is 288 g/mol. The first-order chi connectivity index (χ1) is 9.95. The summed E-state index contributed by atoms with van der Waals surface area (Å²) in [6, 6.07) is 0. The van der Waals surface area contributed by atoms with E-state index in [0.717, 1.165) is 17.8 Å². The van der Waals surface area contributed by atoms with Crippen LogP contribution in [0.5, 0.6) is 0 Å². The summed E-state index contributed by atoms with van der Waals surface area (Å²) in [6.45, 7) is 7.77. The first kappa shape index (κ1) is 14.3. The van der Waals surface area contributed by atoms with Crippen LogP contribution in [0.2, 0.25) is 0 Å². The van der Waals surface area contributed by atoms with Gasteiger partial charge in [-0.25, -0.2) is 0 Å². The molecule has 0 radical (unpaired) electrons. The third kappa shape index (κ3) is 1.62. The summed E-state index contributed by atoms with van der Waals surface area (Å²) in [6.07, 6.45) is 13.7. The second-order valence-electron chi connectivity index (χ2n) is 9.33. The molecule has 118 valence electrons. The zero-order valence-electron chi connectivity index (χ0n) is 14.1. The number of aliphatic hydroxyl groups excluding tert-OH is 1. The zero-order chi connectivity index (χ0) is 14.9. The van der Waals surface area contributed by atoms with Crippen molar-refractivity contribution in [3.05, 3.63) is 11.6 Å². The molecule has 3 saturated carbocycles. The first-order valence-corrected chi connectivity index (χ1v) is 9.24. The molecule has 0 aliphatic heterocycles. The van der Waals surface area contributed by atoms with Crippen LogP contribution in [-0.4, -0.2) is 11.7 Å². The molecule has 1 N–H and O–H groups in total. The van der Waals surface area contributed by atoms with E-state index in [2.05, 4.69) is 26.8 Å². The third-order valence-electron chi connectivity index (χ3n) is 8.69. The van der Waals surface area contributed by atoms with Crippen molar-refractivity contribution in [3.63, 3.8) is 0 Å². The van der Waals surface area contributed by atoms with Gasteiger partial charge in [-0.05, 0) is 85.9 Å². The van der Waals surface area contributed by atoms with Crippen molar-refractivity contribution in [3.8, 4) is 0 Å². The highest BCUT2D eigenvalue weighted by Gasteiger charge is 2.65. The van der Waals surface area contributed by atoms with E-state index in [0.29, 0.717) is 17.4 Å². The number of hydrogen-bond donors (Lipinski definition) is 1. The number of rotatable bonds is 1. The van der Waals surface area contributed by atoms with E-state index in [1.165, 1.54) is 51.4 Å². The highest BCUT2D eigenvalue weighted by atomic mass is 16.3. The number of hydrogen-bond acceptors (Lipinski definition) is 1. The molecule has 4 rings (SSSR count). The summed E-state index contributed by atoms with van der Waals surface area (Å²) in [4.78, 5) is 0. The minimum absolute atomic E-state index is 0.182. The number of aliphatic hydroxyl groups is 1. The summed E-state index contributed by atoms with van der Waals surface area (Å²) in [5.74, 6) is 2.45. The summed E-state index contributed by atoms with van der Waals surface area (Å²) in [5.41, 5.74) is 2.91. The van der Waals surface area contributed by atoms with Crippen LogP contribution in [0.4, 0.5) is 0 Å². The van der Waals surface area contributed by atoms with Crippen LogP contribution in [0.15, 0.2) is 11.6 Å². The Labute approximate surface area is 130 Å². The van der Waals surface area contributed by atoms with Crippen molar-refractivity contribution >= 4 is 0 Å². The lowest BCUT2D eigenvalue weighted by molar-refractivity contribution is -0.165. The third-order valence-corrected chi connectivity index (χ3v) is 8.69. The molecule has 21 heavy (non-hydrogen) atoms. The molecule has 0 aromatic carbocycles. The smallest absolute Gasteiger partial charge is 0.0487 e. The largest absolute Gasteiger partial charge is 0.396 e. The summed E-state index contributed by atoms with van der Waals surface area (Å²) >= 11 is 0. The predicted octanol–water partition coefficient (Wildman–Crippen LogP) is 4.95. The molecule has 4 aliphatic carbocycles. The van der Waals surface area contributed by atoms with Crippen molar-refractivity contribution in [2.75, 3.05) is 6.61 Å². The van der Waals surface area contributed by atoms with Crippen molar-refractivity contribution in [2.45, 2.75) is 72.1 Å². The van der Waals surface area contributed by atoms with Crippen LogP contribution in [0.1, 0.15) is 72.1 Å². The molecular formula is C20H32O. The molecule has 0 amide bonds. The molecule has 0 aromatic rings. The molecule has 1 heteroatoms. The Morgan fingerprint density at radius 1 is 1.14 bits per heavy atom. The molecule has 6 atom stereocenters. The maximum atomic E-state index is 10.1. The average Bonchev–Trinajstić information content (AvgIpc) is 2.85. The van der Waals surface area contributed by atoms with Gasteiger partial charge in [-0.2, -0.15) is 0 Å². The summed E-state index contributed by atoms with van der Waals surface area (Å²) in [7, 11) is 0. The second-order valence-corrected chi connectivity index (χ2v) is 9.33. The highest BCUT2D eigenvalue weighted by molar-refractivity contribution is 5.25. The quantitative estimate of drug-likeness (QED) is 0.677. The SMILES string of the molecule is CC1=CC2CCC3C(C)(CO)CCCC3(C)C23CCC1C3. The van der Waals surface area contributed by atoms with E-state index in [4.69, 9.17) is 0 Å². The monoisotopic (exact) mass is 288 g/mol. The maximum Gasteiger partial charge on any atom is 0.0487 e. The van der Waals surface area contributed by atoms with Crippen LogP contribution in [-0.2, 0) is 0 Å². The fourth-order valence-electron chi connectivity index (χ4n) is 7.49. The second kappa shape index (κ2) is 4.37. The van der Waals surface area contributed by atoms with Gasteiger partial charge in [-0.1, -0.05) is 31.9 Å². The predicted molar refractivity (Wildman–Crippen MR) is 86.9 cm³/mol. The van der Waals surface area contributed by atoms with Crippen LogP contribution in [0, 0.1) is 34.0 Å². The Kier molecular flexibility index (Phi) is 2.98. The number of allylic oxidation sites excluding steroid dienone is 2. The molecule has 0 heterocycles. The van der Waals surface area contributed by atoms with Crippen LogP contribution < -0.4 is 0 Å². The molecule has 0 saturated heterocycles. The molecule has 2 bridgehead atoms. The Bertz CT molecular complexity index is 480. The highest BCUT2D eigenvalue weighted by Crippen LogP contribution is 2.73.